The largest absolute Gasteiger partial charge is 0.493 e. The maximum atomic E-state index is 13.7. The van der Waals surface area contributed by atoms with E-state index in [1.54, 1.807) is 38.7 Å². The second-order valence-electron chi connectivity index (χ2n) is 8.79. The number of hydrogen-bond donors (Lipinski definition) is 2. The Hall–Kier alpha value is -4.15. The number of aryl methyl sites for hydroxylation is 3. The number of benzene rings is 2. The molecule has 1 aliphatic heterocycles. The number of amides is 2. The molecule has 0 saturated heterocycles. The van der Waals surface area contributed by atoms with Crippen LogP contribution in [0.5, 0.6) is 11.5 Å². The Bertz CT molecular complexity index is 1470. The van der Waals surface area contributed by atoms with Crippen LogP contribution in [0.4, 0.5) is 19.3 Å². The number of halogens is 2. The van der Waals surface area contributed by atoms with E-state index >= 15 is 0 Å². The lowest BCUT2D eigenvalue weighted by Gasteiger charge is -2.24. The van der Waals surface area contributed by atoms with Crippen LogP contribution < -0.4 is 31.7 Å². The minimum atomic E-state index is -2.60. The van der Waals surface area contributed by atoms with Gasteiger partial charge in [-0.3, -0.25) is 9.13 Å². The fraction of sp³-hybridized carbons (Fsp3) is 0.346. The average Bonchev–Trinajstić information content (AvgIpc) is 2.86. The van der Waals surface area contributed by atoms with Gasteiger partial charge in [0.25, 0.3) is 6.43 Å². The van der Waals surface area contributed by atoms with Gasteiger partial charge in [0, 0.05) is 36.8 Å². The van der Waals surface area contributed by atoms with Crippen LogP contribution in [0, 0.1) is 13.8 Å². The first-order chi connectivity index (χ1) is 17.6. The number of methoxy groups -OCH3 is 2. The fourth-order valence-corrected chi connectivity index (χ4v) is 4.66. The van der Waals surface area contributed by atoms with Gasteiger partial charge in [0.15, 0.2) is 11.5 Å². The van der Waals surface area contributed by atoms with Crippen molar-refractivity contribution in [2.45, 2.75) is 39.8 Å². The van der Waals surface area contributed by atoms with E-state index in [1.807, 2.05) is 12.1 Å². The molecule has 11 heteroatoms. The second-order valence-corrected chi connectivity index (χ2v) is 8.79. The first-order valence-electron chi connectivity index (χ1n) is 11.7. The lowest BCUT2D eigenvalue weighted by Crippen LogP contribution is -2.44. The first-order valence-corrected chi connectivity index (χ1v) is 11.7. The number of ether oxygens (including phenoxy) is 2. The van der Waals surface area contributed by atoms with Gasteiger partial charge in [-0.05, 0) is 61.2 Å². The Kier molecular flexibility index (Phi) is 7.33. The molecule has 0 bridgehead atoms. The van der Waals surface area contributed by atoms with Crippen LogP contribution in [0.15, 0.2) is 40.1 Å². The van der Waals surface area contributed by atoms with Crippen LogP contribution in [-0.4, -0.2) is 35.9 Å². The number of urea groups is 1. The molecule has 37 heavy (non-hydrogen) atoms. The summed E-state index contributed by atoms with van der Waals surface area (Å²) in [7, 11) is 3.11. The molecule has 196 valence electrons. The highest BCUT2D eigenvalue weighted by Gasteiger charge is 2.22. The third-order valence-electron chi connectivity index (χ3n) is 6.41. The Labute approximate surface area is 212 Å². The molecule has 2 aromatic carbocycles. The van der Waals surface area contributed by atoms with Crippen molar-refractivity contribution in [1.82, 2.24) is 14.5 Å². The highest BCUT2D eigenvalue weighted by atomic mass is 19.3. The van der Waals surface area contributed by atoms with Gasteiger partial charge in [-0.2, -0.15) is 0 Å². The number of hydrogen-bond acceptors (Lipinski definition) is 5. The number of nitrogens with zero attached hydrogens (tertiary/aromatic N) is 3. The molecule has 3 N–H and O–H groups in total. The third kappa shape index (κ3) is 5.07. The van der Waals surface area contributed by atoms with Gasteiger partial charge in [0.05, 0.1) is 25.6 Å². The minimum Gasteiger partial charge on any atom is -0.493 e. The average molecular weight is 514 g/mol. The Morgan fingerprint density at radius 3 is 2.35 bits per heavy atom. The topological polar surface area (TPSA) is 113 Å². The Morgan fingerprint density at radius 1 is 1.11 bits per heavy atom. The van der Waals surface area contributed by atoms with Crippen LogP contribution in [0.2, 0.25) is 0 Å². The molecule has 0 spiro atoms. The molecule has 2 heterocycles. The first kappa shape index (κ1) is 25.9. The summed E-state index contributed by atoms with van der Waals surface area (Å²) in [5.41, 5.74) is 9.16. The molecule has 0 atom stereocenters. The molecule has 4 rings (SSSR count). The summed E-state index contributed by atoms with van der Waals surface area (Å²) in [4.78, 5) is 29.7. The number of fused-ring (bicyclic) bond motifs is 3. The van der Waals surface area contributed by atoms with Crippen molar-refractivity contribution in [2.24, 2.45) is 10.7 Å². The van der Waals surface area contributed by atoms with Crippen LogP contribution in [0.1, 0.15) is 28.7 Å². The summed E-state index contributed by atoms with van der Waals surface area (Å²) in [5, 5.41) is 2.49. The van der Waals surface area contributed by atoms with Crippen molar-refractivity contribution in [3.05, 3.63) is 68.6 Å². The van der Waals surface area contributed by atoms with Gasteiger partial charge in [0.1, 0.15) is 5.49 Å². The summed E-state index contributed by atoms with van der Waals surface area (Å²) in [6.07, 6.45) is -2.00. The van der Waals surface area contributed by atoms with Crippen molar-refractivity contribution in [3.8, 4) is 22.8 Å². The van der Waals surface area contributed by atoms with E-state index in [9.17, 15) is 18.4 Å². The van der Waals surface area contributed by atoms with Crippen molar-refractivity contribution >= 4 is 11.7 Å². The monoisotopic (exact) mass is 513 g/mol. The van der Waals surface area contributed by atoms with E-state index in [0.717, 1.165) is 11.1 Å². The van der Waals surface area contributed by atoms with Crippen molar-refractivity contribution in [3.63, 3.8) is 0 Å². The normalized spacial score (nSPS) is 12.8. The van der Waals surface area contributed by atoms with Gasteiger partial charge < -0.3 is 20.5 Å². The lowest BCUT2D eigenvalue weighted by atomic mass is 9.97. The maximum absolute atomic E-state index is 13.7. The van der Waals surface area contributed by atoms with Crippen molar-refractivity contribution in [1.29, 1.82) is 0 Å². The quantitative estimate of drug-likeness (QED) is 0.505. The van der Waals surface area contributed by atoms with E-state index in [4.69, 9.17) is 20.2 Å². The summed E-state index contributed by atoms with van der Waals surface area (Å²) >= 11 is 0. The fourth-order valence-electron chi connectivity index (χ4n) is 4.66. The molecule has 9 nitrogen and oxygen atoms in total. The predicted octanol–water partition coefficient (Wildman–Crippen LogP) is 3.35. The zero-order valence-electron chi connectivity index (χ0n) is 21.1. The number of carbonyl (C=O) groups excluding carboxylic acids is 1. The number of nitrogens with one attached hydrogen (secondary N) is 1. The molecule has 1 aliphatic rings. The molecule has 0 fully saturated rings. The van der Waals surface area contributed by atoms with Crippen LogP contribution >= 0.6 is 0 Å². The van der Waals surface area contributed by atoms with Gasteiger partial charge in [-0.15, -0.1) is 0 Å². The summed E-state index contributed by atoms with van der Waals surface area (Å²) < 4.78 is 40.6. The number of primary amides is 1. The van der Waals surface area contributed by atoms with E-state index in [-0.39, 0.29) is 24.3 Å². The van der Waals surface area contributed by atoms with E-state index in [0.29, 0.717) is 52.5 Å². The van der Waals surface area contributed by atoms with Crippen molar-refractivity contribution in [2.75, 3.05) is 20.8 Å². The summed E-state index contributed by atoms with van der Waals surface area (Å²) in [6.45, 7) is 4.07. The highest BCUT2D eigenvalue weighted by molar-refractivity contribution is 5.71. The van der Waals surface area contributed by atoms with E-state index < -0.39 is 12.5 Å². The SMILES string of the molecule is COc1cc2c(cc1OC)-c1cc(=Nc3c(C)cc(C(F)F)cc3C)n(CCNC(N)=O)c(=O)n1CC2. The highest BCUT2D eigenvalue weighted by Crippen LogP contribution is 2.37. The molecule has 2 amide bonds. The van der Waals surface area contributed by atoms with Gasteiger partial charge >= 0.3 is 11.7 Å². The van der Waals surface area contributed by atoms with Crippen LogP contribution in [0.25, 0.3) is 11.3 Å². The smallest absolute Gasteiger partial charge is 0.330 e. The predicted molar refractivity (Wildman–Crippen MR) is 135 cm³/mol. The Balaban J connectivity index is 1.97. The van der Waals surface area contributed by atoms with Crippen LogP contribution in [0.3, 0.4) is 0 Å². The molecule has 0 radical (unpaired) electrons. The molecule has 0 saturated carbocycles. The number of carbonyl (C=O) groups is 1. The Morgan fingerprint density at radius 2 is 1.76 bits per heavy atom. The van der Waals surface area contributed by atoms with E-state index in [1.165, 1.54) is 16.7 Å². The molecule has 3 aromatic rings. The number of nitrogens with two attached hydrogens (primary N) is 1. The maximum Gasteiger partial charge on any atom is 0.330 e. The van der Waals surface area contributed by atoms with Gasteiger partial charge in [0.2, 0.25) is 0 Å². The molecule has 1 aromatic heterocycles. The van der Waals surface area contributed by atoms with Gasteiger partial charge in [-0.25, -0.2) is 23.4 Å². The molecule has 0 aliphatic carbocycles. The number of alkyl halides is 2. The van der Waals surface area contributed by atoms with Gasteiger partial charge in [-0.1, -0.05) is 0 Å². The van der Waals surface area contributed by atoms with Crippen molar-refractivity contribution < 1.29 is 23.0 Å². The third-order valence-corrected chi connectivity index (χ3v) is 6.41. The molecule has 0 unspecified atom stereocenters. The minimum absolute atomic E-state index is 0.0898. The lowest BCUT2D eigenvalue weighted by molar-refractivity contribution is 0.151. The summed E-state index contributed by atoms with van der Waals surface area (Å²) in [6, 6.07) is 7.60. The van der Waals surface area contributed by atoms with Crippen LogP contribution in [-0.2, 0) is 19.5 Å². The summed E-state index contributed by atoms with van der Waals surface area (Å²) in [5.74, 6) is 1.12. The number of rotatable bonds is 7. The standard InChI is InChI=1S/C26H29F2N5O4/c1-14-9-17(24(27)28)10-15(2)23(14)31-22-13-19-18-12-21(37-4)20(36-3)11-16(18)5-7-32(19)26(35)33(22)8-6-30-25(29)34/h9-13,24H,5-8H2,1-4H3,(H3,29,30,34). The molecular weight excluding hydrogens is 484 g/mol. The zero-order chi connectivity index (χ0) is 26.9. The number of aromatic nitrogens is 2. The molecular formula is C26H29F2N5O4. The van der Waals surface area contributed by atoms with E-state index in [2.05, 4.69) is 5.32 Å². The second kappa shape index (κ2) is 10.5. The zero-order valence-corrected chi connectivity index (χ0v) is 21.1.